The fourth-order valence-electron chi connectivity index (χ4n) is 2.92. The number of carbonyl (C=O) groups excluding carboxylic acids is 1. The highest BCUT2D eigenvalue weighted by atomic mass is 32.2. The van der Waals surface area contributed by atoms with Gasteiger partial charge >= 0.3 is 0 Å². The summed E-state index contributed by atoms with van der Waals surface area (Å²) in [5.41, 5.74) is 1.82. The third kappa shape index (κ3) is 4.55. The first-order valence-corrected chi connectivity index (χ1v) is 12.4. The molecule has 5 nitrogen and oxygen atoms in total. The number of hydrogen-bond donors (Lipinski definition) is 1. The van der Waals surface area contributed by atoms with Gasteiger partial charge in [0.2, 0.25) is 5.91 Å². The summed E-state index contributed by atoms with van der Waals surface area (Å²) in [6.07, 6.45) is 0.411. The molecule has 2 heterocycles. The van der Waals surface area contributed by atoms with Gasteiger partial charge in [0, 0.05) is 12.0 Å². The van der Waals surface area contributed by atoms with Crippen molar-refractivity contribution in [2.45, 2.75) is 17.7 Å². The first-order valence-electron chi connectivity index (χ1n) is 9.04. The molecule has 0 aliphatic carbocycles. The van der Waals surface area contributed by atoms with E-state index in [-0.39, 0.29) is 29.4 Å². The minimum Gasteiger partial charge on any atom is -0.317 e. The maximum absolute atomic E-state index is 12.4. The summed E-state index contributed by atoms with van der Waals surface area (Å²) >= 11 is 3.02. The summed E-state index contributed by atoms with van der Waals surface area (Å²) in [6, 6.07) is 18.2. The maximum Gasteiger partial charge on any atom is 0.225 e. The Kier molecular flexibility index (Phi) is 5.75. The lowest BCUT2D eigenvalue weighted by Gasteiger charge is -2.06. The smallest absolute Gasteiger partial charge is 0.225 e. The minimum absolute atomic E-state index is 0.0560. The lowest BCUT2D eigenvalue weighted by Crippen LogP contribution is -2.14. The highest BCUT2D eigenvalue weighted by molar-refractivity contribution is 7.91. The van der Waals surface area contributed by atoms with Crippen molar-refractivity contribution in [1.82, 2.24) is 4.98 Å². The van der Waals surface area contributed by atoms with Crippen molar-refractivity contribution in [3.63, 3.8) is 0 Å². The van der Waals surface area contributed by atoms with Crippen LogP contribution in [-0.4, -0.2) is 25.1 Å². The number of thiazole rings is 1. The van der Waals surface area contributed by atoms with Crippen molar-refractivity contribution in [3.8, 4) is 10.6 Å². The van der Waals surface area contributed by atoms with E-state index in [1.165, 1.54) is 11.3 Å². The van der Waals surface area contributed by atoms with Crippen LogP contribution in [0.1, 0.15) is 12.8 Å². The van der Waals surface area contributed by atoms with Crippen molar-refractivity contribution in [1.29, 1.82) is 0 Å². The van der Waals surface area contributed by atoms with Crippen LogP contribution in [0.4, 0.5) is 5.00 Å². The van der Waals surface area contributed by atoms with Crippen LogP contribution in [0.25, 0.3) is 20.8 Å². The number of carbonyl (C=O) groups is 1. The van der Waals surface area contributed by atoms with Crippen molar-refractivity contribution in [2.75, 3.05) is 11.1 Å². The summed E-state index contributed by atoms with van der Waals surface area (Å²) in [7, 11) is -3.37. The third-order valence-corrected chi connectivity index (χ3v) is 8.08. The van der Waals surface area contributed by atoms with Gasteiger partial charge in [-0.2, -0.15) is 0 Å². The molecule has 0 bridgehead atoms. The van der Waals surface area contributed by atoms with Gasteiger partial charge in [-0.1, -0.05) is 30.3 Å². The van der Waals surface area contributed by atoms with Crippen LogP contribution in [0.15, 0.2) is 70.9 Å². The van der Waals surface area contributed by atoms with Crippen LogP contribution in [0.3, 0.4) is 0 Å². The summed E-state index contributed by atoms with van der Waals surface area (Å²) < 4.78 is 25.7. The monoisotopic (exact) mass is 442 g/mol. The number of anilines is 1. The Labute approximate surface area is 177 Å². The van der Waals surface area contributed by atoms with E-state index in [2.05, 4.69) is 10.3 Å². The van der Waals surface area contributed by atoms with Crippen LogP contribution in [0, 0.1) is 0 Å². The van der Waals surface area contributed by atoms with Gasteiger partial charge in [-0.05, 0) is 42.1 Å². The Morgan fingerprint density at radius 1 is 1.00 bits per heavy atom. The Bertz CT molecular complexity index is 1210. The number of para-hydroxylation sites is 1. The quantitative estimate of drug-likeness (QED) is 0.426. The van der Waals surface area contributed by atoms with Crippen LogP contribution < -0.4 is 5.32 Å². The normalized spacial score (nSPS) is 11.6. The highest BCUT2D eigenvalue weighted by Crippen LogP contribution is 2.37. The van der Waals surface area contributed by atoms with Gasteiger partial charge < -0.3 is 5.32 Å². The summed E-state index contributed by atoms with van der Waals surface area (Å²) in [5, 5.41) is 6.42. The van der Waals surface area contributed by atoms with Gasteiger partial charge in [-0.25, -0.2) is 13.4 Å². The predicted octanol–water partition coefficient (Wildman–Crippen LogP) is 5.22. The zero-order valence-corrected chi connectivity index (χ0v) is 17.8. The number of nitrogens with one attached hydrogen (secondary N) is 1. The summed E-state index contributed by atoms with van der Waals surface area (Å²) in [4.78, 5) is 17.3. The number of thiophene rings is 1. The van der Waals surface area contributed by atoms with Gasteiger partial charge in [0.25, 0.3) is 0 Å². The van der Waals surface area contributed by atoms with E-state index >= 15 is 0 Å². The molecule has 0 fully saturated rings. The average Bonchev–Trinajstić information content (AvgIpc) is 3.34. The van der Waals surface area contributed by atoms with Gasteiger partial charge in [-0.15, -0.1) is 22.7 Å². The molecule has 29 heavy (non-hydrogen) atoms. The van der Waals surface area contributed by atoms with Crippen molar-refractivity contribution >= 4 is 53.6 Å². The van der Waals surface area contributed by atoms with Gasteiger partial charge in [0.15, 0.2) is 9.84 Å². The highest BCUT2D eigenvalue weighted by Gasteiger charge is 2.17. The molecule has 2 aromatic carbocycles. The zero-order valence-electron chi connectivity index (χ0n) is 15.4. The van der Waals surface area contributed by atoms with E-state index in [1.54, 1.807) is 41.7 Å². The number of fused-ring (bicyclic) bond motifs is 1. The molecule has 0 saturated heterocycles. The molecule has 4 rings (SSSR count). The number of hydrogen-bond acceptors (Lipinski definition) is 6. The molecule has 0 aliphatic heterocycles. The fraction of sp³-hybridized carbons (Fsp3) is 0.143. The zero-order chi connectivity index (χ0) is 20.3. The standard InChI is InChI=1S/C21H18N2O3S3/c24-19(11-6-14-29(25,26)15-7-2-1-3-8-15)23-20-16(12-13-27-20)21-22-17-9-4-5-10-18(17)28-21/h1-5,7-10,12-13H,6,11,14H2,(H,23,24). The lowest BCUT2D eigenvalue weighted by molar-refractivity contribution is -0.116. The molecule has 2 aromatic heterocycles. The molecule has 0 aliphatic rings. The van der Waals surface area contributed by atoms with Crippen molar-refractivity contribution in [2.24, 2.45) is 0 Å². The first kappa shape index (κ1) is 19.8. The van der Waals surface area contributed by atoms with Crippen LogP contribution in [-0.2, 0) is 14.6 Å². The fourth-order valence-corrected chi connectivity index (χ4v) is 6.12. The van der Waals surface area contributed by atoms with Crippen LogP contribution >= 0.6 is 22.7 Å². The molecular formula is C21H18N2O3S3. The number of nitrogens with zero attached hydrogens (tertiary/aromatic N) is 1. The van der Waals surface area contributed by atoms with Gasteiger partial charge in [0.05, 0.1) is 20.9 Å². The number of sulfone groups is 1. The van der Waals surface area contributed by atoms with Gasteiger partial charge in [-0.3, -0.25) is 4.79 Å². The number of rotatable bonds is 7. The average molecular weight is 443 g/mol. The van der Waals surface area contributed by atoms with E-state index in [0.29, 0.717) is 0 Å². The van der Waals surface area contributed by atoms with Crippen LogP contribution in [0.5, 0.6) is 0 Å². The van der Waals surface area contributed by atoms with E-state index < -0.39 is 9.84 Å². The molecule has 4 aromatic rings. The SMILES string of the molecule is O=C(CCCS(=O)(=O)c1ccccc1)Nc1sccc1-c1nc2ccccc2s1. The topological polar surface area (TPSA) is 76.1 Å². The summed E-state index contributed by atoms with van der Waals surface area (Å²) in [6.45, 7) is 0. The Morgan fingerprint density at radius 2 is 1.76 bits per heavy atom. The van der Waals surface area contributed by atoms with E-state index in [1.807, 2.05) is 35.7 Å². The number of benzene rings is 2. The number of aromatic nitrogens is 1. The largest absolute Gasteiger partial charge is 0.317 e. The molecule has 0 spiro atoms. The maximum atomic E-state index is 12.4. The second-order valence-electron chi connectivity index (χ2n) is 6.43. The minimum atomic E-state index is -3.37. The molecule has 1 N–H and O–H groups in total. The lowest BCUT2D eigenvalue weighted by atomic mass is 10.3. The molecule has 0 saturated carbocycles. The molecular weight excluding hydrogens is 424 g/mol. The molecule has 1 amide bonds. The first-order chi connectivity index (χ1) is 14.0. The van der Waals surface area contributed by atoms with Crippen LogP contribution in [0.2, 0.25) is 0 Å². The second-order valence-corrected chi connectivity index (χ2v) is 10.5. The Hall–Kier alpha value is -2.55. The van der Waals surface area contributed by atoms with E-state index in [0.717, 1.165) is 25.8 Å². The second kappa shape index (κ2) is 8.44. The third-order valence-electron chi connectivity index (χ3n) is 4.36. The predicted molar refractivity (Wildman–Crippen MR) is 119 cm³/mol. The molecule has 148 valence electrons. The molecule has 0 atom stereocenters. The van der Waals surface area contributed by atoms with Crippen molar-refractivity contribution in [3.05, 3.63) is 66.0 Å². The summed E-state index contributed by atoms with van der Waals surface area (Å²) in [5.74, 6) is -0.252. The van der Waals surface area contributed by atoms with E-state index in [9.17, 15) is 13.2 Å². The number of amides is 1. The molecule has 8 heteroatoms. The molecule has 0 unspecified atom stereocenters. The van der Waals surface area contributed by atoms with Gasteiger partial charge in [0.1, 0.15) is 10.0 Å². The Morgan fingerprint density at radius 3 is 2.55 bits per heavy atom. The van der Waals surface area contributed by atoms with E-state index in [4.69, 9.17) is 0 Å². The molecule has 0 radical (unpaired) electrons. The van der Waals surface area contributed by atoms with Crippen molar-refractivity contribution < 1.29 is 13.2 Å². The Balaban J connectivity index is 1.39.